The number of amides is 1. The molecule has 1 aliphatic rings. The van der Waals surface area contributed by atoms with Crippen LogP contribution in [0.4, 0.5) is 4.39 Å². The molecule has 2 rings (SSSR count). The number of benzene rings is 1. The molecule has 0 fully saturated rings. The first-order valence-electron chi connectivity index (χ1n) is 6.63. The molecule has 1 amide bonds. The third-order valence-electron chi connectivity index (χ3n) is 3.44. The smallest absolute Gasteiger partial charge is 0.254 e. The molecule has 1 aromatic rings. The van der Waals surface area contributed by atoms with Crippen LogP contribution >= 0.6 is 0 Å². The van der Waals surface area contributed by atoms with E-state index in [1.807, 2.05) is 0 Å². The van der Waals surface area contributed by atoms with Crippen molar-refractivity contribution in [3.05, 3.63) is 41.7 Å². The second kappa shape index (κ2) is 6.36. The van der Waals surface area contributed by atoms with Gasteiger partial charge in [0.25, 0.3) is 5.91 Å². The quantitative estimate of drug-likeness (QED) is 0.827. The Kier molecular flexibility index (Phi) is 4.74. The van der Waals surface area contributed by atoms with Gasteiger partial charge in [0, 0.05) is 6.54 Å². The van der Waals surface area contributed by atoms with Gasteiger partial charge in [-0.25, -0.2) is 17.9 Å². The standard InChI is InChI=1S/C14H17FN2O3S/c15-13-7-6-11(21(16,19)20)8-12(13)14(18)17-9-10-4-2-1-3-5-10/h1-2,6-8,10H,3-5,9H2,(H,17,18)(H2,16,19,20)/t10-/m1/s1. The van der Waals surface area contributed by atoms with Crippen LogP contribution < -0.4 is 10.5 Å². The lowest BCUT2D eigenvalue weighted by atomic mass is 9.94. The van der Waals surface area contributed by atoms with E-state index in [0.29, 0.717) is 12.5 Å². The SMILES string of the molecule is NS(=O)(=O)c1ccc(F)c(C(=O)NC[C@@H]2CC=CCC2)c1. The number of nitrogens with one attached hydrogen (secondary N) is 1. The van der Waals surface area contributed by atoms with E-state index in [1.54, 1.807) is 0 Å². The first-order valence-corrected chi connectivity index (χ1v) is 8.18. The third-order valence-corrected chi connectivity index (χ3v) is 4.35. The highest BCUT2D eigenvalue weighted by molar-refractivity contribution is 7.89. The molecule has 0 bridgehead atoms. The molecule has 0 saturated heterocycles. The van der Waals surface area contributed by atoms with Gasteiger partial charge in [-0.2, -0.15) is 0 Å². The summed E-state index contributed by atoms with van der Waals surface area (Å²) in [5.41, 5.74) is -0.312. The summed E-state index contributed by atoms with van der Waals surface area (Å²) in [6.07, 6.45) is 6.96. The maximum absolute atomic E-state index is 13.7. The highest BCUT2D eigenvalue weighted by Gasteiger charge is 2.18. The summed E-state index contributed by atoms with van der Waals surface area (Å²) < 4.78 is 36.1. The van der Waals surface area contributed by atoms with Crippen molar-refractivity contribution in [2.24, 2.45) is 11.1 Å². The molecule has 0 aliphatic heterocycles. The van der Waals surface area contributed by atoms with Gasteiger partial charge in [0.15, 0.2) is 0 Å². The molecule has 1 aromatic carbocycles. The molecule has 1 atom stereocenters. The summed E-state index contributed by atoms with van der Waals surface area (Å²) in [6, 6.07) is 2.92. The molecule has 0 spiro atoms. The van der Waals surface area contributed by atoms with Gasteiger partial charge in [0.05, 0.1) is 10.5 Å². The molecule has 114 valence electrons. The average molecular weight is 312 g/mol. The maximum Gasteiger partial charge on any atom is 0.254 e. The number of hydrogen-bond acceptors (Lipinski definition) is 3. The van der Waals surface area contributed by atoms with Crippen molar-refractivity contribution >= 4 is 15.9 Å². The first-order chi connectivity index (χ1) is 9.88. The van der Waals surface area contributed by atoms with Crippen molar-refractivity contribution in [3.63, 3.8) is 0 Å². The highest BCUT2D eigenvalue weighted by Crippen LogP contribution is 2.18. The Bertz CT molecular complexity index is 671. The summed E-state index contributed by atoms with van der Waals surface area (Å²) in [4.78, 5) is 11.7. The summed E-state index contributed by atoms with van der Waals surface area (Å²) in [5.74, 6) is -1.08. The van der Waals surface area contributed by atoms with E-state index in [-0.39, 0.29) is 10.5 Å². The molecule has 5 nitrogen and oxygen atoms in total. The molecule has 1 aliphatic carbocycles. The normalized spacial score (nSPS) is 18.5. The molecular formula is C14H17FN2O3S. The van der Waals surface area contributed by atoms with Gasteiger partial charge >= 0.3 is 0 Å². The van der Waals surface area contributed by atoms with E-state index < -0.39 is 21.7 Å². The van der Waals surface area contributed by atoms with Crippen LogP contribution in [0.2, 0.25) is 0 Å². The zero-order chi connectivity index (χ0) is 15.5. The van der Waals surface area contributed by atoms with Crippen LogP contribution in [-0.2, 0) is 10.0 Å². The topological polar surface area (TPSA) is 89.3 Å². The van der Waals surface area contributed by atoms with E-state index >= 15 is 0 Å². The summed E-state index contributed by atoms with van der Waals surface area (Å²) in [7, 11) is -3.97. The third kappa shape index (κ3) is 4.12. The highest BCUT2D eigenvalue weighted by atomic mass is 32.2. The zero-order valence-corrected chi connectivity index (χ0v) is 12.2. The van der Waals surface area contributed by atoms with Gasteiger partial charge in [-0.1, -0.05) is 12.2 Å². The number of rotatable bonds is 4. The molecule has 21 heavy (non-hydrogen) atoms. The van der Waals surface area contributed by atoms with Gasteiger partial charge in [-0.3, -0.25) is 4.79 Å². The van der Waals surface area contributed by atoms with E-state index in [0.717, 1.165) is 37.5 Å². The zero-order valence-electron chi connectivity index (χ0n) is 11.4. The lowest BCUT2D eigenvalue weighted by molar-refractivity contribution is 0.0942. The lowest BCUT2D eigenvalue weighted by Gasteiger charge is -2.18. The predicted octanol–water partition coefficient (Wildman–Crippen LogP) is 1.56. The van der Waals surface area contributed by atoms with Crippen molar-refractivity contribution in [3.8, 4) is 0 Å². The lowest BCUT2D eigenvalue weighted by Crippen LogP contribution is -2.30. The first kappa shape index (κ1) is 15.7. The number of hydrogen-bond donors (Lipinski definition) is 2. The van der Waals surface area contributed by atoms with Gasteiger partial charge < -0.3 is 5.32 Å². The summed E-state index contributed by atoms with van der Waals surface area (Å²) in [6.45, 7) is 0.433. The molecule has 3 N–H and O–H groups in total. The van der Waals surface area contributed by atoms with Crippen LogP contribution in [0.15, 0.2) is 35.2 Å². The van der Waals surface area contributed by atoms with Crippen LogP contribution in [0, 0.1) is 11.7 Å². The number of carbonyl (C=O) groups is 1. The summed E-state index contributed by atoms with van der Waals surface area (Å²) >= 11 is 0. The fourth-order valence-electron chi connectivity index (χ4n) is 2.23. The van der Waals surface area contributed by atoms with Crippen molar-refractivity contribution in [2.45, 2.75) is 24.2 Å². The number of primary sulfonamides is 1. The molecular weight excluding hydrogens is 295 g/mol. The van der Waals surface area contributed by atoms with Gasteiger partial charge in [-0.15, -0.1) is 0 Å². The molecule has 0 heterocycles. The van der Waals surface area contributed by atoms with Gasteiger partial charge in [0.2, 0.25) is 10.0 Å². The molecule has 0 saturated carbocycles. The van der Waals surface area contributed by atoms with Crippen LogP contribution in [0.5, 0.6) is 0 Å². The Morgan fingerprint density at radius 2 is 2.14 bits per heavy atom. The van der Waals surface area contributed by atoms with Crippen LogP contribution in [0.25, 0.3) is 0 Å². The Morgan fingerprint density at radius 3 is 2.76 bits per heavy atom. The molecule has 7 heteroatoms. The Morgan fingerprint density at radius 1 is 1.38 bits per heavy atom. The minimum atomic E-state index is -3.97. The number of carbonyl (C=O) groups excluding carboxylic acids is 1. The molecule has 0 aromatic heterocycles. The monoisotopic (exact) mass is 312 g/mol. The minimum Gasteiger partial charge on any atom is -0.352 e. The van der Waals surface area contributed by atoms with Crippen molar-refractivity contribution < 1.29 is 17.6 Å². The van der Waals surface area contributed by atoms with Crippen LogP contribution in [0.3, 0.4) is 0 Å². The van der Waals surface area contributed by atoms with Crippen molar-refractivity contribution in [1.82, 2.24) is 5.32 Å². The van der Waals surface area contributed by atoms with E-state index in [1.165, 1.54) is 0 Å². The second-order valence-corrected chi connectivity index (χ2v) is 6.61. The second-order valence-electron chi connectivity index (χ2n) is 5.05. The molecule has 0 radical (unpaired) electrons. The number of sulfonamides is 1. The van der Waals surface area contributed by atoms with Crippen molar-refractivity contribution in [2.75, 3.05) is 6.54 Å². The average Bonchev–Trinajstić information content (AvgIpc) is 2.45. The maximum atomic E-state index is 13.7. The largest absolute Gasteiger partial charge is 0.352 e. The van der Waals surface area contributed by atoms with E-state index in [9.17, 15) is 17.6 Å². The number of halogens is 1. The van der Waals surface area contributed by atoms with Crippen molar-refractivity contribution in [1.29, 1.82) is 0 Å². The van der Waals surface area contributed by atoms with E-state index in [2.05, 4.69) is 17.5 Å². The summed E-state index contributed by atoms with van der Waals surface area (Å²) in [5, 5.41) is 7.62. The van der Waals surface area contributed by atoms with Gasteiger partial charge in [-0.05, 0) is 43.4 Å². The minimum absolute atomic E-state index is 0.283. The number of nitrogens with two attached hydrogens (primary N) is 1. The molecule has 0 unspecified atom stereocenters. The Hall–Kier alpha value is -1.73. The van der Waals surface area contributed by atoms with Crippen LogP contribution in [0.1, 0.15) is 29.6 Å². The van der Waals surface area contributed by atoms with Gasteiger partial charge in [0.1, 0.15) is 5.82 Å². The van der Waals surface area contributed by atoms with Crippen LogP contribution in [-0.4, -0.2) is 20.9 Å². The Balaban J connectivity index is 2.09. The fraction of sp³-hybridized carbons (Fsp3) is 0.357. The van der Waals surface area contributed by atoms with E-state index in [4.69, 9.17) is 5.14 Å². The Labute approximate surface area is 123 Å². The predicted molar refractivity (Wildman–Crippen MR) is 76.6 cm³/mol. The fourth-order valence-corrected chi connectivity index (χ4v) is 2.77. The number of allylic oxidation sites excluding steroid dienone is 2.